The van der Waals surface area contributed by atoms with Gasteiger partial charge in [0.25, 0.3) is 0 Å². The summed E-state index contributed by atoms with van der Waals surface area (Å²) in [5, 5.41) is 3.72. The molecule has 0 spiro atoms. The van der Waals surface area contributed by atoms with E-state index < -0.39 is 0 Å². The second-order valence-corrected chi connectivity index (χ2v) is 5.82. The second-order valence-electron chi connectivity index (χ2n) is 5.82. The molecule has 0 aromatic rings. The van der Waals surface area contributed by atoms with Crippen LogP contribution in [0.2, 0.25) is 0 Å². The Morgan fingerprint density at radius 2 is 1.80 bits per heavy atom. The third-order valence-electron chi connectivity index (χ3n) is 4.45. The van der Waals surface area contributed by atoms with Crippen molar-refractivity contribution in [3.8, 4) is 0 Å². The van der Waals surface area contributed by atoms with E-state index in [1.165, 1.54) is 51.5 Å². The summed E-state index contributed by atoms with van der Waals surface area (Å²) in [5.74, 6) is 0.908. The van der Waals surface area contributed by atoms with Gasteiger partial charge in [0, 0.05) is 12.6 Å². The van der Waals surface area contributed by atoms with E-state index in [1.807, 2.05) is 0 Å². The minimum atomic E-state index is 0.429. The van der Waals surface area contributed by atoms with Gasteiger partial charge in [-0.15, -0.1) is 0 Å². The highest BCUT2D eigenvalue weighted by Crippen LogP contribution is 2.35. The molecule has 2 rings (SSSR count). The maximum absolute atomic E-state index is 6.01. The van der Waals surface area contributed by atoms with Crippen molar-refractivity contribution in [1.82, 2.24) is 5.32 Å². The maximum Gasteiger partial charge on any atom is 0.00966 e. The zero-order chi connectivity index (χ0) is 10.7. The number of hydrogen-bond acceptors (Lipinski definition) is 2. The first-order valence-electron chi connectivity index (χ1n) is 6.69. The van der Waals surface area contributed by atoms with Gasteiger partial charge >= 0.3 is 0 Å². The van der Waals surface area contributed by atoms with Crippen LogP contribution in [0.1, 0.15) is 51.9 Å². The van der Waals surface area contributed by atoms with E-state index in [0.717, 1.165) is 18.5 Å². The minimum absolute atomic E-state index is 0.429. The normalized spacial score (nSPS) is 34.8. The summed E-state index contributed by atoms with van der Waals surface area (Å²) in [4.78, 5) is 0. The molecule has 2 saturated carbocycles. The molecular weight excluding hydrogens is 184 g/mol. The number of rotatable bonds is 4. The largest absolute Gasteiger partial charge is 0.330 e. The van der Waals surface area contributed by atoms with Gasteiger partial charge in [-0.25, -0.2) is 0 Å². The van der Waals surface area contributed by atoms with Gasteiger partial charge in [-0.1, -0.05) is 32.6 Å². The van der Waals surface area contributed by atoms with Gasteiger partial charge in [-0.3, -0.25) is 0 Å². The van der Waals surface area contributed by atoms with Crippen LogP contribution in [0.4, 0.5) is 0 Å². The van der Waals surface area contributed by atoms with Crippen LogP contribution in [0.5, 0.6) is 0 Å². The Bertz CT molecular complexity index is 195. The molecule has 0 amide bonds. The minimum Gasteiger partial charge on any atom is -0.330 e. The van der Waals surface area contributed by atoms with Crippen LogP contribution >= 0.6 is 0 Å². The van der Waals surface area contributed by atoms with Crippen LogP contribution in [0.25, 0.3) is 0 Å². The van der Waals surface area contributed by atoms with Crippen LogP contribution < -0.4 is 11.1 Å². The van der Waals surface area contributed by atoms with Crippen LogP contribution in [0.15, 0.2) is 0 Å². The fraction of sp³-hybridized carbons (Fsp3) is 1.00. The highest BCUT2D eigenvalue weighted by Gasteiger charge is 2.36. The van der Waals surface area contributed by atoms with E-state index in [-0.39, 0.29) is 0 Å². The second kappa shape index (κ2) is 4.84. The first kappa shape index (κ1) is 11.4. The summed E-state index contributed by atoms with van der Waals surface area (Å²) in [5.41, 5.74) is 6.44. The lowest BCUT2D eigenvalue weighted by Crippen LogP contribution is -2.41. The smallest absolute Gasteiger partial charge is 0.00966 e. The number of hydrogen-bond donors (Lipinski definition) is 2. The third kappa shape index (κ3) is 2.94. The predicted molar refractivity (Wildman–Crippen MR) is 64.8 cm³/mol. The van der Waals surface area contributed by atoms with Gasteiger partial charge in [-0.05, 0) is 37.1 Å². The third-order valence-corrected chi connectivity index (χ3v) is 4.45. The lowest BCUT2D eigenvalue weighted by atomic mass is 9.80. The van der Waals surface area contributed by atoms with Gasteiger partial charge < -0.3 is 11.1 Å². The average Bonchev–Trinajstić information content (AvgIpc) is 2.99. The summed E-state index contributed by atoms with van der Waals surface area (Å²) in [7, 11) is 0. The summed E-state index contributed by atoms with van der Waals surface area (Å²) < 4.78 is 0. The van der Waals surface area contributed by atoms with Crippen molar-refractivity contribution in [3.05, 3.63) is 0 Å². The Morgan fingerprint density at radius 1 is 1.20 bits per heavy atom. The van der Waals surface area contributed by atoms with Crippen LogP contribution in [0.3, 0.4) is 0 Å². The SMILES string of the molecule is CC1CC1NCC1(CN)CCCCCC1. The van der Waals surface area contributed by atoms with Gasteiger partial charge in [0.2, 0.25) is 0 Å². The molecule has 2 fully saturated rings. The molecule has 0 saturated heterocycles. The van der Waals surface area contributed by atoms with Crippen molar-refractivity contribution in [2.75, 3.05) is 13.1 Å². The zero-order valence-corrected chi connectivity index (χ0v) is 10.1. The van der Waals surface area contributed by atoms with E-state index in [9.17, 15) is 0 Å². The highest BCUT2D eigenvalue weighted by molar-refractivity contribution is 4.93. The molecule has 2 aliphatic rings. The van der Waals surface area contributed by atoms with Crippen molar-refractivity contribution >= 4 is 0 Å². The number of nitrogens with two attached hydrogens (primary N) is 1. The molecule has 2 nitrogen and oxygen atoms in total. The topological polar surface area (TPSA) is 38.0 Å². The van der Waals surface area contributed by atoms with E-state index in [0.29, 0.717) is 5.41 Å². The van der Waals surface area contributed by atoms with Crippen LogP contribution in [-0.4, -0.2) is 19.1 Å². The number of nitrogens with one attached hydrogen (secondary N) is 1. The maximum atomic E-state index is 6.01. The molecular formula is C13H26N2. The molecule has 2 unspecified atom stereocenters. The molecule has 0 radical (unpaired) electrons. The molecule has 0 aromatic heterocycles. The lowest BCUT2D eigenvalue weighted by Gasteiger charge is -2.31. The van der Waals surface area contributed by atoms with E-state index >= 15 is 0 Å². The van der Waals surface area contributed by atoms with Crippen molar-refractivity contribution in [2.24, 2.45) is 17.1 Å². The lowest BCUT2D eigenvalue weighted by molar-refractivity contribution is 0.240. The van der Waals surface area contributed by atoms with Crippen LogP contribution in [0, 0.1) is 11.3 Å². The molecule has 0 bridgehead atoms. The molecule has 0 heterocycles. The predicted octanol–water partition coefficient (Wildman–Crippen LogP) is 2.28. The van der Waals surface area contributed by atoms with Gasteiger partial charge in [-0.2, -0.15) is 0 Å². The first-order valence-corrected chi connectivity index (χ1v) is 6.69. The van der Waals surface area contributed by atoms with Crippen molar-refractivity contribution in [1.29, 1.82) is 0 Å². The molecule has 2 atom stereocenters. The quantitative estimate of drug-likeness (QED) is 0.699. The Labute approximate surface area is 94.0 Å². The monoisotopic (exact) mass is 210 g/mol. The Hall–Kier alpha value is -0.0800. The Morgan fingerprint density at radius 3 is 2.27 bits per heavy atom. The van der Waals surface area contributed by atoms with E-state index in [1.54, 1.807) is 0 Å². The zero-order valence-electron chi connectivity index (χ0n) is 10.1. The molecule has 2 heteroatoms. The van der Waals surface area contributed by atoms with E-state index in [4.69, 9.17) is 5.73 Å². The average molecular weight is 210 g/mol. The summed E-state index contributed by atoms with van der Waals surface area (Å²) in [6, 6.07) is 0.802. The molecule has 0 aliphatic heterocycles. The highest BCUT2D eigenvalue weighted by atomic mass is 15.0. The molecule has 15 heavy (non-hydrogen) atoms. The van der Waals surface area contributed by atoms with Gasteiger partial charge in [0.05, 0.1) is 0 Å². The fourth-order valence-electron chi connectivity index (χ4n) is 2.89. The van der Waals surface area contributed by atoms with E-state index in [2.05, 4.69) is 12.2 Å². The molecule has 0 aromatic carbocycles. The molecule has 3 N–H and O–H groups in total. The van der Waals surface area contributed by atoms with Gasteiger partial charge in [0.15, 0.2) is 0 Å². The Kier molecular flexibility index (Phi) is 3.68. The summed E-state index contributed by atoms with van der Waals surface area (Å²) >= 11 is 0. The van der Waals surface area contributed by atoms with Gasteiger partial charge in [0.1, 0.15) is 0 Å². The molecule has 88 valence electrons. The molecule has 2 aliphatic carbocycles. The van der Waals surface area contributed by atoms with Crippen molar-refractivity contribution in [2.45, 2.75) is 57.9 Å². The van der Waals surface area contributed by atoms with Crippen molar-refractivity contribution in [3.63, 3.8) is 0 Å². The summed E-state index contributed by atoms with van der Waals surface area (Å²) in [6.45, 7) is 4.37. The Balaban J connectivity index is 1.82. The fourth-order valence-corrected chi connectivity index (χ4v) is 2.89. The standard InChI is InChI=1S/C13H26N2/c1-11-8-12(11)15-10-13(9-14)6-4-2-3-5-7-13/h11-12,15H,2-10,14H2,1H3. The van der Waals surface area contributed by atoms with Crippen molar-refractivity contribution < 1.29 is 0 Å². The van der Waals surface area contributed by atoms with Crippen LogP contribution in [-0.2, 0) is 0 Å². The summed E-state index contributed by atoms with van der Waals surface area (Å²) in [6.07, 6.45) is 9.68. The first-order chi connectivity index (χ1) is 7.26.